The third kappa shape index (κ3) is 3.28. The fraction of sp³-hybridized carbons (Fsp3) is 0.421. The number of hydrogen-bond acceptors (Lipinski definition) is 6. The van der Waals surface area contributed by atoms with E-state index in [0.29, 0.717) is 35.3 Å². The van der Waals surface area contributed by atoms with Crippen molar-refractivity contribution in [2.45, 2.75) is 32.1 Å². The van der Waals surface area contributed by atoms with Gasteiger partial charge in [0.1, 0.15) is 23.1 Å². The lowest BCUT2D eigenvalue weighted by atomic mass is 9.90. The van der Waals surface area contributed by atoms with Crippen LogP contribution in [0.5, 0.6) is 5.75 Å². The number of ether oxygens (including phenoxy) is 2. The van der Waals surface area contributed by atoms with E-state index in [2.05, 4.69) is 26.5 Å². The van der Waals surface area contributed by atoms with Gasteiger partial charge >= 0.3 is 0 Å². The van der Waals surface area contributed by atoms with Gasteiger partial charge in [0, 0.05) is 13.2 Å². The van der Waals surface area contributed by atoms with Crippen LogP contribution in [0.25, 0.3) is 11.0 Å². The van der Waals surface area contributed by atoms with Crippen molar-refractivity contribution in [3.05, 3.63) is 35.2 Å². The lowest BCUT2D eigenvalue weighted by Crippen LogP contribution is -2.14. The molecule has 1 aliphatic rings. The molecule has 1 saturated heterocycles. The SMILES string of the molecule is CCc1nocc1C(=O)Nc1nc2c(C3CCOCC3)ccc(OC)c2[nH]1. The molecule has 0 unspecified atom stereocenters. The number of nitrogens with one attached hydrogen (secondary N) is 2. The lowest BCUT2D eigenvalue weighted by Gasteiger charge is -2.22. The van der Waals surface area contributed by atoms with Crippen molar-refractivity contribution >= 4 is 22.9 Å². The molecule has 2 N–H and O–H groups in total. The highest BCUT2D eigenvalue weighted by Crippen LogP contribution is 2.36. The summed E-state index contributed by atoms with van der Waals surface area (Å²) in [6.45, 7) is 3.42. The van der Waals surface area contributed by atoms with Crippen molar-refractivity contribution in [1.29, 1.82) is 0 Å². The minimum atomic E-state index is -0.307. The molecule has 142 valence electrons. The number of hydrogen-bond donors (Lipinski definition) is 2. The quantitative estimate of drug-likeness (QED) is 0.715. The molecule has 1 aliphatic heterocycles. The Morgan fingerprint density at radius 2 is 2.19 bits per heavy atom. The highest BCUT2D eigenvalue weighted by Gasteiger charge is 2.23. The maximum absolute atomic E-state index is 12.6. The maximum Gasteiger partial charge on any atom is 0.263 e. The number of imidazole rings is 1. The zero-order valence-corrected chi connectivity index (χ0v) is 15.4. The van der Waals surface area contributed by atoms with Gasteiger partial charge in [0.25, 0.3) is 5.91 Å². The van der Waals surface area contributed by atoms with Gasteiger partial charge < -0.3 is 19.0 Å². The zero-order valence-electron chi connectivity index (χ0n) is 15.4. The van der Waals surface area contributed by atoms with Crippen LogP contribution in [0.1, 0.15) is 47.3 Å². The molecule has 0 aliphatic carbocycles. The average Bonchev–Trinajstić information content (AvgIpc) is 3.34. The number of methoxy groups -OCH3 is 1. The van der Waals surface area contributed by atoms with Gasteiger partial charge in [0.15, 0.2) is 0 Å². The highest BCUT2D eigenvalue weighted by atomic mass is 16.5. The van der Waals surface area contributed by atoms with Gasteiger partial charge in [-0.25, -0.2) is 4.98 Å². The van der Waals surface area contributed by atoms with Crippen molar-refractivity contribution in [2.75, 3.05) is 25.6 Å². The Morgan fingerprint density at radius 3 is 2.93 bits per heavy atom. The first-order valence-corrected chi connectivity index (χ1v) is 9.10. The molecule has 1 aromatic carbocycles. The largest absolute Gasteiger partial charge is 0.494 e. The van der Waals surface area contributed by atoms with Crippen LogP contribution in [-0.2, 0) is 11.2 Å². The number of aromatic amines is 1. The molecule has 3 heterocycles. The number of carbonyl (C=O) groups excluding carboxylic acids is 1. The molecule has 1 fully saturated rings. The number of aryl methyl sites for hydroxylation is 1. The van der Waals surface area contributed by atoms with E-state index in [1.807, 2.05) is 13.0 Å². The third-order valence-electron chi connectivity index (χ3n) is 4.97. The highest BCUT2D eigenvalue weighted by molar-refractivity contribution is 6.04. The number of carbonyl (C=O) groups is 1. The molecule has 0 spiro atoms. The van der Waals surface area contributed by atoms with E-state index in [1.54, 1.807) is 7.11 Å². The number of rotatable bonds is 5. The van der Waals surface area contributed by atoms with E-state index in [0.717, 1.165) is 42.7 Å². The van der Waals surface area contributed by atoms with Crippen LogP contribution < -0.4 is 10.1 Å². The summed E-state index contributed by atoms with van der Waals surface area (Å²) in [6, 6.07) is 3.99. The Bertz CT molecular complexity index is 956. The van der Waals surface area contributed by atoms with Crippen molar-refractivity contribution < 1.29 is 18.8 Å². The predicted octanol–water partition coefficient (Wildman–Crippen LogP) is 3.27. The fourth-order valence-electron chi connectivity index (χ4n) is 3.53. The second-order valence-corrected chi connectivity index (χ2v) is 6.54. The van der Waals surface area contributed by atoms with E-state index < -0.39 is 0 Å². The lowest BCUT2D eigenvalue weighted by molar-refractivity contribution is 0.0856. The van der Waals surface area contributed by atoms with Gasteiger partial charge in [0.05, 0.1) is 18.3 Å². The number of fused-ring (bicyclic) bond motifs is 1. The average molecular weight is 370 g/mol. The third-order valence-corrected chi connectivity index (χ3v) is 4.97. The molecular weight excluding hydrogens is 348 g/mol. The smallest absolute Gasteiger partial charge is 0.263 e. The van der Waals surface area contributed by atoms with Gasteiger partial charge in [-0.3, -0.25) is 10.1 Å². The minimum absolute atomic E-state index is 0.307. The molecular formula is C19H22N4O4. The number of nitrogens with zero attached hydrogens (tertiary/aromatic N) is 2. The van der Waals surface area contributed by atoms with E-state index in [1.165, 1.54) is 6.26 Å². The Labute approximate surface area is 156 Å². The molecule has 2 aromatic heterocycles. The number of H-pyrrole nitrogens is 1. The summed E-state index contributed by atoms with van der Waals surface area (Å²) in [5.41, 5.74) is 3.76. The second kappa shape index (κ2) is 7.40. The minimum Gasteiger partial charge on any atom is -0.494 e. The van der Waals surface area contributed by atoms with E-state index in [-0.39, 0.29) is 5.91 Å². The molecule has 0 saturated carbocycles. The second-order valence-electron chi connectivity index (χ2n) is 6.54. The monoisotopic (exact) mass is 370 g/mol. The number of anilines is 1. The van der Waals surface area contributed by atoms with Crippen LogP contribution in [0.3, 0.4) is 0 Å². The number of amides is 1. The molecule has 1 amide bonds. The maximum atomic E-state index is 12.6. The molecule has 0 radical (unpaired) electrons. The Kier molecular flexibility index (Phi) is 4.81. The zero-order chi connectivity index (χ0) is 18.8. The van der Waals surface area contributed by atoms with Crippen LogP contribution in [-0.4, -0.2) is 41.4 Å². The summed E-state index contributed by atoms with van der Waals surface area (Å²) in [7, 11) is 1.62. The normalized spacial score (nSPS) is 15.2. The van der Waals surface area contributed by atoms with E-state index >= 15 is 0 Å². The summed E-state index contributed by atoms with van der Waals surface area (Å²) in [5.74, 6) is 1.13. The van der Waals surface area contributed by atoms with Crippen LogP contribution >= 0.6 is 0 Å². The Hall–Kier alpha value is -2.87. The molecule has 3 aromatic rings. The summed E-state index contributed by atoms with van der Waals surface area (Å²) < 4.78 is 15.9. The predicted molar refractivity (Wildman–Crippen MR) is 99.3 cm³/mol. The van der Waals surface area contributed by atoms with Crippen molar-refractivity contribution in [3.63, 3.8) is 0 Å². The van der Waals surface area contributed by atoms with Gasteiger partial charge in [-0.05, 0) is 36.8 Å². The first-order valence-electron chi connectivity index (χ1n) is 9.10. The fourth-order valence-corrected chi connectivity index (χ4v) is 3.53. The van der Waals surface area contributed by atoms with E-state index in [9.17, 15) is 4.79 Å². The van der Waals surface area contributed by atoms with Crippen LogP contribution in [0.15, 0.2) is 22.9 Å². The van der Waals surface area contributed by atoms with Crippen LogP contribution in [0, 0.1) is 0 Å². The summed E-state index contributed by atoms with van der Waals surface area (Å²) in [4.78, 5) is 20.4. The molecule has 0 bridgehead atoms. The molecule has 4 rings (SSSR count). The van der Waals surface area contributed by atoms with Crippen molar-refractivity contribution in [3.8, 4) is 5.75 Å². The molecule has 0 atom stereocenters. The van der Waals surface area contributed by atoms with Crippen molar-refractivity contribution in [1.82, 2.24) is 15.1 Å². The van der Waals surface area contributed by atoms with E-state index in [4.69, 9.17) is 14.0 Å². The molecule has 8 heteroatoms. The topological polar surface area (TPSA) is 102 Å². The number of aromatic nitrogens is 3. The van der Waals surface area contributed by atoms with Gasteiger partial charge in [-0.15, -0.1) is 0 Å². The van der Waals surface area contributed by atoms with Crippen LogP contribution in [0.2, 0.25) is 0 Å². The Morgan fingerprint density at radius 1 is 1.37 bits per heavy atom. The Balaban J connectivity index is 1.69. The summed E-state index contributed by atoms with van der Waals surface area (Å²) in [5, 5.41) is 6.65. The summed E-state index contributed by atoms with van der Waals surface area (Å²) >= 11 is 0. The van der Waals surface area contributed by atoms with Crippen LogP contribution in [0.4, 0.5) is 5.95 Å². The first kappa shape index (κ1) is 17.5. The molecule has 8 nitrogen and oxygen atoms in total. The van der Waals surface area contributed by atoms with Crippen molar-refractivity contribution in [2.24, 2.45) is 0 Å². The van der Waals surface area contributed by atoms with Gasteiger partial charge in [-0.1, -0.05) is 18.1 Å². The van der Waals surface area contributed by atoms with Gasteiger partial charge in [0.2, 0.25) is 5.95 Å². The molecule has 27 heavy (non-hydrogen) atoms. The first-order chi connectivity index (χ1) is 13.2. The standard InChI is InChI=1S/C19H22N4O4/c1-3-14-13(10-27-23-14)18(24)22-19-20-16-12(11-6-8-26-9-7-11)4-5-15(25-2)17(16)21-19/h4-5,10-11H,3,6-9H2,1-2H3,(H2,20,21,22,24). The van der Waals surface area contributed by atoms with Gasteiger partial charge in [-0.2, -0.15) is 0 Å². The number of benzene rings is 1. The summed E-state index contributed by atoms with van der Waals surface area (Å²) in [6.07, 6.45) is 3.87.